The van der Waals surface area contributed by atoms with Crippen molar-refractivity contribution in [3.05, 3.63) is 45.9 Å². The van der Waals surface area contributed by atoms with Crippen molar-refractivity contribution < 1.29 is 13.2 Å². The second kappa shape index (κ2) is 8.83. The van der Waals surface area contributed by atoms with Gasteiger partial charge in [-0.1, -0.05) is 30.7 Å². The summed E-state index contributed by atoms with van der Waals surface area (Å²) in [5, 5.41) is 8.92. The lowest BCUT2D eigenvalue weighted by atomic mass is 10.3. The fourth-order valence-electron chi connectivity index (χ4n) is 3.05. The molecule has 0 aliphatic heterocycles. The van der Waals surface area contributed by atoms with E-state index in [0.29, 0.717) is 36.0 Å². The number of rotatable bonds is 8. The van der Waals surface area contributed by atoms with E-state index in [1.54, 1.807) is 17.7 Å². The maximum atomic E-state index is 12.6. The van der Waals surface area contributed by atoms with Crippen molar-refractivity contribution in [1.82, 2.24) is 19.4 Å². The number of halogens is 1. The molecule has 0 bridgehead atoms. The van der Waals surface area contributed by atoms with Crippen molar-refractivity contribution in [1.29, 1.82) is 0 Å². The van der Waals surface area contributed by atoms with E-state index < -0.39 is 10.0 Å². The van der Waals surface area contributed by atoms with E-state index in [1.165, 1.54) is 21.9 Å². The molecule has 3 aromatic rings. The van der Waals surface area contributed by atoms with Gasteiger partial charge in [0.15, 0.2) is 0 Å². The van der Waals surface area contributed by atoms with E-state index in [2.05, 4.69) is 10.4 Å². The molecule has 0 atom stereocenters. The molecule has 1 amide bonds. The monoisotopic (exact) mass is 454 g/mol. The van der Waals surface area contributed by atoms with Crippen molar-refractivity contribution in [2.45, 2.75) is 20.3 Å². The number of amides is 1. The molecule has 0 spiro atoms. The molecule has 10 heteroatoms. The number of aromatic nitrogens is 2. The second-order valence-corrected chi connectivity index (χ2v) is 10.1. The number of hydrogen-bond acceptors (Lipinski definition) is 5. The Bertz CT molecular complexity index is 1140. The van der Waals surface area contributed by atoms with Gasteiger partial charge in [-0.15, -0.1) is 11.3 Å². The fourth-order valence-corrected chi connectivity index (χ4v) is 5.29. The standard InChI is InChI=1S/C19H23ClN4O3S2/c1-4-23(29(3,26)27)11-7-10-21-18(25)17-12-14-13(2)22-24(19(14)28-17)16-9-6-5-8-15(16)20/h5-6,8-9,12H,4,7,10-11H2,1-3H3,(H,21,25). The summed E-state index contributed by atoms with van der Waals surface area (Å²) in [6.45, 7) is 4.88. The molecule has 2 aromatic heterocycles. The summed E-state index contributed by atoms with van der Waals surface area (Å²) in [7, 11) is -3.21. The third-order valence-electron chi connectivity index (χ3n) is 4.54. The minimum absolute atomic E-state index is 0.182. The molecule has 3 rings (SSSR count). The van der Waals surface area contributed by atoms with Crippen LogP contribution in [-0.4, -0.2) is 54.3 Å². The van der Waals surface area contributed by atoms with Gasteiger partial charge in [0.25, 0.3) is 5.91 Å². The van der Waals surface area contributed by atoms with Gasteiger partial charge in [-0.25, -0.2) is 17.4 Å². The molecule has 29 heavy (non-hydrogen) atoms. The van der Waals surface area contributed by atoms with Gasteiger partial charge in [-0.05, 0) is 31.5 Å². The highest BCUT2D eigenvalue weighted by atomic mass is 35.5. The zero-order valence-electron chi connectivity index (χ0n) is 16.5. The summed E-state index contributed by atoms with van der Waals surface area (Å²) in [4.78, 5) is 14.0. The highest BCUT2D eigenvalue weighted by Gasteiger charge is 2.18. The van der Waals surface area contributed by atoms with E-state index in [1.807, 2.05) is 31.2 Å². The Hall–Kier alpha value is -1.94. The summed E-state index contributed by atoms with van der Waals surface area (Å²) in [6.07, 6.45) is 1.74. The largest absolute Gasteiger partial charge is 0.351 e. The Morgan fingerprint density at radius 2 is 2.07 bits per heavy atom. The van der Waals surface area contributed by atoms with Crippen molar-refractivity contribution in [2.24, 2.45) is 0 Å². The zero-order valence-corrected chi connectivity index (χ0v) is 18.9. The van der Waals surface area contributed by atoms with Crippen LogP contribution in [0.15, 0.2) is 30.3 Å². The summed E-state index contributed by atoms with van der Waals surface area (Å²) >= 11 is 7.66. The first-order valence-electron chi connectivity index (χ1n) is 9.19. The van der Waals surface area contributed by atoms with Crippen LogP contribution in [0.1, 0.15) is 28.7 Å². The molecule has 0 aliphatic carbocycles. The molecule has 0 fully saturated rings. The molecule has 0 aliphatic rings. The van der Waals surface area contributed by atoms with Crippen molar-refractivity contribution in [3.8, 4) is 5.69 Å². The summed E-state index contributed by atoms with van der Waals surface area (Å²) in [5.74, 6) is -0.182. The Kier molecular flexibility index (Phi) is 6.62. The van der Waals surface area contributed by atoms with Gasteiger partial charge in [0.1, 0.15) is 4.83 Å². The lowest BCUT2D eigenvalue weighted by Crippen LogP contribution is -2.33. The highest BCUT2D eigenvalue weighted by molar-refractivity contribution is 7.88. The third-order valence-corrected chi connectivity index (χ3v) is 7.35. The van der Waals surface area contributed by atoms with Crippen LogP contribution in [0.3, 0.4) is 0 Å². The maximum absolute atomic E-state index is 12.6. The summed E-state index contributed by atoms with van der Waals surface area (Å²) < 4.78 is 26.4. The Labute approximate surface area is 179 Å². The molecule has 0 radical (unpaired) electrons. The number of nitrogens with one attached hydrogen (secondary N) is 1. The zero-order chi connectivity index (χ0) is 21.2. The van der Waals surface area contributed by atoms with Crippen LogP contribution in [0, 0.1) is 6.92 Å². The average Bonchev–Trinajstić information content (AvgIpc) is 3.22. The van der Waals surface area contributed by atoms with Gasteiger partial charge in [0, 0.05) is 25.0 Å². The van der Waals surface area contributed by atoms with Crippen LogP contribution in [0.4, 0.5) is 0 Å². The minimum Gasteiger partial charge on any atom is -0.351 e. The van der Waals surface area contributed by atoms with E-state index >= 15 is 0 Å². The van der Waals surface area contributed by atoms with Gasteiger partial charge in [0.05, 0.1) is 27.5 Å². The quantitative estimate of drug-likeness (QED) is 0.528. The van der Waals surface area contributed by atoms with Crippen LogP contribution in [0.25, 0.3) is 15.9 Å². The molecule has 1 aromatic carbocycles. The number of thiophene rings is 1. The first kappa shape index (κ1) is 21.8. The maximum Gasteiger partial charge on any atom is 0.261 e. The Balaban J connectivity index is 1.72. The molecule has 7 nitrogen and oxygen atoms in total. The molecular formula is C19H23ClN4O3S2. The first-order chi connectivity index (χ1) is 13.7. The number of carbonyl (C=O) groups is 1. The van der Waals surface area contributed by atoms with Gasteiger partial charge < -0.3 is 5.32 Å². The number of hydrogen-bond donors (Lipinski definition) is 1. The molecule has 1 N–H and O–H groups in total. The Morgan fingerprint density at radius 3 is 2.72 bits per heavy atom. The van der Waals surface area contributed by atoms with E-state index in [9.17, 15) is 13.2 Å². The number of aryl methyl sites for hydroxylation is 1. The van der Waals surface area contributed by atoms with Crippen molar-refractivity contribution in [3.63, 3.8) is 0 Å². The fraction of sp³-hybridized carbons (Fsp3) is 0.368. The summed E-state index contributed by atoms with van der Waals surface area (Å²) in [5.41, 5.74) is 1.59. The van der Waals surface area contributed by atoms with Gasteiger partial charge >= 0.3 is 0 Å². The van der Waals surface area contributed by atoms with Crippen molar-refractivity contribution >= 4 is 49.1 Å². The average molecular weight is 455 g/mol. The lowest BCUT2D eigenvalue weighted by molar-refractivity contribution is 0.0957. The number of fused-ring (bicyclic) bond motifs is 1. The van der Waals surface area contributed by atoms with Gasteiger partial charge in [-0.2, -0.15) is 5.10 Å². The van der Waals surface area contributed by atoms with Crippen LogP contribution in [0.2, 0.25) is 5.02 Å². The molecule has 0 saturated carbocycles. The SMILES string of the molecule is CCN(CCCNC(=O)c1cc2c(C)nn(-c3ccccc3Cl)c2s1)S(C)(=O)=O. The predicted octanol–water partition coefficient (Wildman–Crippen LogP) is 3.45. The van der Waals surface area contributed by atoms with Crippen LogP contribution >= 0.6 is 22.9 Å². The van der Waals surface area contributed by atoms with Crippen LogP contribution < -0.4 is 5.32 Å². The Morgan fingerprint density at radius 1 is 1.34 bits per heavy atom. The first-order valence-corrected chi connectivity index (χ1v) is 12.2. The minimum atomic E-state index is -3.21. The van der Waals surface area contributed by atoms with E-state index in [4.69, 9.17) is 11.6 Å². The van der Waals surface area contributed by atoms with Crippen LogP contribution in [0.5, 0.6) is 0 Å². The second-order valence-electron chi connectivity index (χ2n) is 6.64. The number of carbonyl (C=O) groups excluding carboxylic acids is 1. The third kappa shape index (κ3) is 4.80. The molecule has 2 heterocycles. The number of sulfonamides is 1. The van der Waals surface area contributed by atoms with Gasteiger partial charge in [0.2, 0.25) is 10.0 Å². The highest BCUT2D eigenvalue weighted by Crippen LogP contribution is 2.32. The number of benzene rings is 1. The van der Waals surface area contributed by atoms with E-state index in [-0.39, 0.29) is 5.91 Å². The predicted molar refractivity (Wildman–Crippen MR) is 118 cm³/mol. The molecular weight excluding hydrogens is 432 g/mol. The molecule has 0 saturated heterocycles. The van der Waals surface area contributed by atoms with Crippen LogP contribution in [-0.2, 0) is 10.0 Å². The van der Waals surface area contributed by atoms with Crippen molar-refractivity contribution in [2.75, 3.05) is 25.9 Å². The summed E-state index contributed by atoms with van der Waals surface area (Å²) in [6, 6.07) is 9.27. The normalized spacial score (nSPS) is 12.0. The number of para-hydroxylation sites is 1. The number of nitrogens with zero attached hydrogens (tertiary/aromatic N) is 3. The molecule has 156 valence electrons. The van der Waals surface area contributed by atoms with E-state index in [0.717, 1.165) is 21.6 Å². The van der Waals surface area contributed by atoms with Gasteiger partial charge in [-0.3, -0.25) is 4.79 Å². The smallest absolute Gasteiger partial charge is 0.261 e. The lowest BCUT2D eigenvalue weighted by Gasteiger charge is -2.17. The topological polar surface area (TPSA) is 84.3 Å². The molecule has 0 unspecified atom stereocenters.